The number of thiophene rings is 1. The van der Waals surface area contributed by atoms with Crippen LogP contribution in [0, 0.1) is 0 Å². The van der Waals surface area contributed by atoms with Gasteiger partial charge in [0.25, 0.3) is 0 Å². The molecular weight excluding hydrogens is 262 g/mol. The van der Waals surface area contributed by atoms with Crippen LogP contribution in [0.4, 0.5) is 0 Å². The molecule has 0 aliphatic heterocycles. The third-order valence-electron chi connectivity index (χ3n) is 1.39. The SMILES string of the molecule is NC(CO)Cc1cc(Br)c(Cl)s1. The fraction of sp³-hybridized carbons (Fsp3) is 0.429. The van der Waals surface area contributed by atoms with Gasteiger partial charge in [0.15, 0.2) is 0 Å². The first kappa shape index (κ1) is 10.5. The molecule has 0 saturated carbocycles. The summed E-state index contributed by atoms with van der Waals surface area (Å²) in [4.78, 5) is 1.09. The van der Waals surface area contributed by atoms with Gasteiger partial charge in [-0.1, -0.05) is 11.6 Å². The van der Waals surface area contributed by atoms with Gasteiger partial charge in [-0.3, -0.25) is 0 Å². The van der Waals surface area contributed by atoms with E-state index < -0.39 is 0 Å². The number of hydrogen-bond acceptors (Lipinski definition) is 3. The monoisotopic (exact) mass is 269 g/mol. The maximum absolute atomic E-state index is 8.71. The molecule has 12 heavy (non-hydrogen) atoms. The molecule has 0 radical (unpaired) electrons. The number of halogens is 2. The average Bonchev–Trinajstić information content (AvgIpc) is 2.31. The Labute approximate surface area is 88.5 Å². The van der Waals surface area contributed by atoms with E-state index in [1.807, 2.05) is 6.07 Å². The lowest BCUT2D eigenvalue weighted by atomic mass is 10.2. The van der Waals surface area contributed by atoms with Crippen molar-refractivity contribution >= 4 is 38.9 Å². The summed E-state index contributed by atoms with van der Waals surface area (Å²) in [6, 6.07) is 1.74. The zero-order chi connectivity index (χ0) is 9.14. The quantitative estimate of drug-likeness (QED) is 0.883. The maximum atomic E-state index is 8.71. The smallest absolute Gasteiger partial charge is 0.107 e. The number of hydrogen-bond donors (Lipinski definition) is 2. The summed E-state index contributed by atoms with van der Waals surface area (Å²) in [5.41, 5.74) is 5.56. The van der Waals surface area contributed by atoms with Crippen LogP contribution in [0.3, 0.4) is 0 Å². The molecule has 68 valence electrons. The molecule has 1 unspecified atom stereocenters. The first-order chi connectivity index (χ1) is 5.63. The Morgan fingerprint density at radius 1 is 1.75 bits per heavy atom. The van der Waals surface area contributed by atoms with E-state index >= 15 is 0 Å². The van der Waals surface area contributed by atoms with Gasteiger partial charge in [0.05, 0.1) is 6.61 Å². The Morgan fingerprint density at radius 2 is 2.42 bits per heavy atom. The van der Waals surface area contributed by atoms with Crippen molar-refractivity contribution in [2.75, 3.05) is 6.61 Å². The highest BCUT2D eigenvalue weighted by atomic mass is 79.9. The molecule has 1 aromatic heterocycles. The highest BCUT2D eigenvalue weighted by Gasteiger charge is 2.07. The number of nitrogens with two attached hydrogens (primary N) is 1. The van der Waals surface area contributed by atoms with Crippen LogP contribution in [0.5, 0.6) is 0 Å². The lowest BCUT2D eigenvalue weighted by molar-refractivity contribution is 0.265. The van der Waals surface area contributed by atoms with Crippen molar-refractivity contribution in [3.05, 3.63) is 19.8 Å². The van der Waals surface area contributed by atoms with Crippen LogP contribution >= 0.6 is 38.9 Å². The largest absolute Gasteiger partial charge is 0.395 e. The highest BCUT2D eigenvalue weighted by molar-refractivity contribution is 9.10. The summed E-state index contributed by atoms with van der Waals surface area (Å²) in [5.74, 6) is 0. The summed E-state index contributed by atoms with van der Waals surface area (Å²) in [7, 11) is 0. The van der Waals surface area contributed by atoms with Gasteiger partial charge >= 0.3 is 0 Å². The van der Waals surface area contributed by atoms with Crippen LogP contribution in [0.1, 0.15) is 4.88 Å². The molecule has 1 heterocycles. The van der Waals surface area contributed by atoms with Gasteiger partial charge in [-0.05, 0) is 28.4 Å². The molecule has 0 bridgehead atoms. The molecule has 0 amide bonds. The zero-order valence-corrected chi connectivity index (χ0v) is 9.42. The molecule has 0 saturated heterocycles. The van der Waals surface area contributed by atoms with Crippen molar-refractivity contribution in [3.63, 3.8) is 0 Å². The third kappa shape index (κ3) is 2.71. The summed E-state index contributed by atoms with van der Waals surface area (Å²) in [6.45, 7) is 0.00708. The van der Waals surface area contributed by atoms with Gasteiger partial charge < -0.3 is 10.8 Å². The molecule has 3 N–H and O–H groups in total. The first-order valence-electron chi connectivity index (χ1n) is 3.43. The third-order valence-corrected chi connectivity index (χ3v) is 3.89. The Morgan fingerprint density at radius 3 is 2.83 bits per heavy atom. The lowest BCUT2D eigenvalue weighted by Gasteiger charge is -2.03. The molecule has 0 fully saturated rings. The Balaban J connectivity index is 2.64. The van der Waals surface area contributed by atoms with Crippen LogP contribution in [0.15, 0.2) is 10.5 Å². The number of aliphatic hydroxyl groups excluding tert-OH is 1. The van der Waals surface area contributed by atoms with Gasteiger partial charge in [0.1, 0.15) is 4.34 Å². The van der Waals surface area contributed by atoms with Crippen molar-refractivity contribution in [2.45, 2.75) is 12.5 Å². The van der Waals surface area contributed by atoms with Gasteiger partial charge in [0.2, 0.25) is 0 Å². The number of rotatable bonds is 3. The Kier molecular flexibility index (Phi) is 3.99. The van der Waals surface area contributed by atoms with E-state index in [-0.39, 0.29) is 12.6 Å². The van der Waals surface area contributed by atoms with Crippen molar-refractivity contribution in [3.8, 4) is 0 Å². The molecular formula is C7H9BrClNOS. The van der Waals surface area contributed by atoms with E-state index in [0.717, 1.165) is 13.7 Å². The van der Waals surface area contributed by atoms with Crippen molar-refractivity contribution in [1.29, 1.82) is 0 Å². The summed E-state index contributed by atoms with van der Waals surface area (Å²) in [6.07, 6.45) is 0.673. The fourth-order valence-corrected chi connectivity index (χ4v) is 2.70. The molecule has 0 aliphatic rings. The average molecular weight is 271 g/mol. The summed E-state index contributed by atoms with van der Waals surface area (Å²) < 4.78 is 1.63. The topological polar surface area (TPSA) is 46.2 Å². The minimum absolute atomic E-state index is 0.00708. The van der Waals surface area contributed by atoms with E-state index in [2.05, 4.69) is 15.9 Å². The lowest BCUT2D eigenvalue weighted by Crippen LogP contribution is -2.26. The number of aliphatic hydroxyl groups is 1. The van der Waals surface area contributed by atoms with Crippen LogP contribution in [-0.2, 0) is 6.42 Å². The van der Waals surface area contributed by atoms with Gasteiger partial charge in [-0.15, -0.1) is 11.3 Å². The summed E-state index contributed by atoms with van der Waals surface area (Å²) in [5, 5.41) is 8.71. The van der Waals surface area contributed by atoms with E-state index in [1.165, 1.54) is 11.3 Å². The standard InChI is InChI=1S/C7H9BrClNOS/c8-6-2-5(12-7(6)9)1-4(10)3-11/h2,4,11H,1,3,10H2. The Hall–Kier alpha value is 0.390. The fourth-order valence-electron chi connectivity index (χ4n) is 0.815. The molecule has 1 aromatic rings. The molecule has 5 heteroatoms. The second kappa shape index (κ2) is 4.58. The van der Waals surface area contributed by atoms with Crippen molar-refractivity contribution in [1.82, 2.24) is 0 Å². The second-order valence-electron chi connectivity index (χ2n) is 2.48. The molecule has 2 nitrogen and oxygen atoms in total. The van der Waals surface area contributed by atoms with E-state index in [1.54, 1.807) is 0 Å². The molecule has 0 aliphatic carbocycles. The first-order valence-corrected chi connectivity index (χ1v) is 5.42. The van der Waals surface area contributed by atoms with Crippen LogP contribution in [0.25, 0.3) is 0 Å². The van der Waals surface area contributed by atoms with Crippen LogP contribution < -0.4 is 5.73 Å². The van der Waals surface area contributed by atoms with E-state index in [0.29, 0.717) is 6.42 Å². The van der Waals surface area contributed by atoms with E-state index in [4.69, 9.17) is 22.4 Å². The van der Waals surface area contributed by atoms with Crippen molar-refractivity contribution in [2.24, 2.45) is 5.73 Å². The molecule has 1 rings (SSSR count). The zero-order valence-electron chi connectivity index (χ0n) is 6.26. The highest BCUT2D eigenvalue weighted by Crippen LogP contribution is 2.32. The van der Waals surface area contributed by atoms with Gasteiger partial charge in [-0.2, -0.15) is 0 Å². The van der Waals surface area contributed by atoms with Gasteiger partial charge in [0, 0.05) is 15.4 Å². The second-order valence-corrected chi connectivity index (χ2v) is 5.07. The Bertz CT molecular complexity index is 246. The summed E-state index contributed by atoms with van der Waals surface area (Å²) >= 11 is 10.6. The van der Waals surface area contributed by atoms with Crippen LogP contribution in [-0.4, -0.2) is 17.8 Å². The van der Waals surface area contributed by atoms with E-state index in [9.17, 15) is 0 Å². The van der Waals surface area contributed by atoms with Crippen molar-refractivity contribution < 1.29 is 5.11 Å². The molecule has 1 atom stereocenters. The van der Waals surface area contributed by atoms with Crippen LogP contribution in [0.2, 0.25) is 4.34 Å². The maximum Gasteiger partial charge on any atom is 0.107 e. The van der Waals surface area contributed by atoms with Gasteiger partial charge in [-0.25, -0.2) is 0 Å². The molecule has 0 spiro atoms. The normalized spacial score (nSPS) is 13.3. The predicted molar refractivity (Wildman–Crippen MR) is 55.8 cm³/mol. The predicted octanol–water partition coefficient (Wildman–Crippen LogP) is 2.03. The minimum Gasteiger partial charge on any atom is -0.395 e. The molecule has 0 aromatic carbocycles. The minimum atomic E-state index is -0.188.